The molecule has 2 atom stereocenters. The highest BCUT2D eigenvalue weighted by atomic mass is 32.2. The number of hydrogen-bond acceptors (Lipinski definition) is 5. The Bertz CT molecular complexity index is 836. The normalized spacial score (nSPS) is 21.3. The molecule has 0 saturated carbocycles. The van der Waals surface area contributed by atoms with Crippen LogP contribution in [0.2, 0.25) is 0 Å². The van der Waals surface area contributed by atoms with E-state index in [-0.39, 0.29) is 22.3 Å². The fourth-order valence-corrected chi connectivity index (χ4v) is 5.65. The van der Waals surface area contributed by atoms with Crippen molar-refractivity contribution in [1.29, 1.82) is 0 Å². The summed E-state index contributed by atoms with van der Waals surface area (Å²) < 4.78 is 25.3. The third-order valence-corrected chi connectivity index (χ3v) is 7.55. The zero-order chi connectivity index (χ0) is 18.0. The lowest BCUT2D eigenvalue weighted by molar-refractivity contribution is -0.134. The van der Waals surface area contributed by atoms with Gasteiger partial charge in [-0.15, -0.1) is 11.3 Å². The molecule has 2 aromatic rings. The van der Waals surface area contributed by atoms with Gasteiger partial charge in [0, 0.05) is 23.0 Å². The van der Waals surface area contributed by atoms with Crippen molar-refractivity contribution in [2.75, 3.05) is 5.75 Å². The Hall–Kier alpha value is -1.73. The highest BCUT2D eigenvalue weighted by Crippen LogP contribution is 2.27. The van der Waals surface area contributed by atoms with Crippen molar-refractivity contribution in [2.24, 2.45) is 0 Å². The van der Waals surface area contributed by atoms with E-state index in [0.717, 1.165) is 36.2 Å². The van der Waals surface area contributed by atoms with Gasteiger partial charge < -0.3 is 4.90 Å². The first-order valence-corrected chi connectivity index (χ1v) is 11.0. The Morgan fingerprint density at radius 1 is 1.20 bits per heavy atom. The summed E-state index contributed by atoms with van der Waals surface area (Å²) in [5.74, 6) is -0.833. The molecule has 0 aliphatic carbocycles. The molecule has 1 aliphatic heterocycles. The van der Waals surface area contributed by atoms with E-state index in [2.05, 4.69) is 4.98 Å². The minimum Gasteiger partial charge on any atom is -0.336 e. The number of benzene rings is 1. The van der Waals surface area contributed by atoms with Gasteiger partial charge in [-0.2, -0.15) is 0 Å². The Labute approximate surface area is 152 Å². The van der Waals surface area contributed by atoms with Gasteiger partial charge in [-0.3, -0.25) is 4.79 Å². The zero-order valence-electron chi connectivity index (χ0n) is 14.4. The van der Waals surface area contributed by atoms with Crippen LogP contribution in [-0.4, -0.2) is 42.0 Å². The number of likely N-dealkylation sites (tertiary alicyclic amines) is 1. The molecule has 0 spiro atoms. The monoisotopic (exact) mass is 378 g/mol. The third-order valence-electron chi connectivity index (χ3n) is 4.61. The van der Waals surface area contributed by atoms with Crippen LogP contribution < -0.4 is 0 Å². The maximum atomic E-state index is 12.6. The Balaban J connectivity index is 1.78. The predicted octanol–water partition coefficient (Wildman–Crippen LogP) is 3.37. The van der Waals surface area contributed by atoms with E-state index in [1.807, 2.05) is 44.2 Å². The summed E-state index contributed by atoms with van der Waals surface area (Å²) in [5.41, 5.74) is 1.49. The number of carbonyl (C=O) groups excluding carboxylic acids is 1. The minimum atomic E-state index is -3.73. The molecule has 3 rings (SSSR count). The van der Waals surface area contributed by atoms with Crippen LogP contribution in [0.1, 0.15) is 33.1 Å². The molecular weight excluding hydrogens is 356 g/mol. The maximum Gasteiger partial charge on any atom is 0.238 e. The summed E-state index contributed by atoms with van der Waals surface area (Å²) in [6.07, 6.45) is 2.92. The molecule has 1 saturated heterocycles. The van der Waals surface area contributed by atoms with Gasteiger partial charge in [0.1, 0.15) is 5.75 Å². The molecule has 1 aromatic carbocycles. The van der Waals surface area contributed by atoms with E-state index in [9.17, 15) is 13.2 Å². The average molecular weight is 379 g/mol. The van der Waals surface area contributed by atoms with Gasteiger partial charge in [0.05, 0.1) is 5.69 Å². The van der Waals surface area contributed by atoms with Gasteiger partial charge in [0.15, 0.2) is 0 Å². The van der Waals surface area contributed by atoms with E-state index in [1.54, 1.807) is 10.3 Å². The van der Waals surface area contributed by atoms with Crippen LogP contribution in [0.15, 0.2) is 40.1 Å². The first-order valence-electron chi connectivity index (χ1n) is 8.43. The van der Waals surface area contributed by atoms with Crippen LogP contribution in [0.3, 0.4) is 0 Å². The van der Waals surface area contributed by atoms with E-state index < -0.39 is 15.6 Å². The summed E-state index contributed by atoms with van der Waals surface area (Å²) in [6.45, 7) is 3.97. The van der Waals surface area contributed by atoms with Crippen LogP contribution in [0, 0.1) is 0 Å². The predicted molar refractivity (Wildman–Crippen MR) is 99.2 cm³/mol. The van der Waals surface area contributed by atoms with Gasteiger partial charge in [-0.05, 0) is 33.1 Å². The average Bonchev–Trinajstić information content (AvgIpc) is 3.06. The number of sulfone groups is 1. The zero-order valence-corrected chi connectivity index (χ0v) is 16.0. The lowest BCUT2D eigenvalue weighted by atomic mass is 9.98. The Kier molecular flexibility index (Phi) is 5.24. The highest BCUT2D eigenvalue weighted by molar-refractivity contribution is 7.94. The van der Waals surface area contributed by atoms with Crippen molar-refractivity contribution < 1.29 is 13.2 Å². The van der Waals surface area contributed by atoms with Crippen molar-refractivity contribution in [3.8, 4) is 11.3 Å². The molecule has 5 nitrogen and oxygen atoms in total. The van der Waals surface area contributed by atoms with Crippen molar-refractivity contribution in [3.05, 3.63) is 35.7 Å². The molecule has 2 unspecified atom stereocenters. The smallest absolute Gasteiger partial charge is 0.238 e. The second kappa shape index (κ2) is 7.25. The SMILES string of the molecule is CC1CCCC(C)N1C(=O)CS(=O)(=O)c1nc(-c2ccccc2)cs1. The summed E-state index contributed by atoms with van der Waals surface area (Å²) >= 11 is 1.07. The first kappa shape index (κ1) is 18.1. The quantitative estimate of drug-likeness (QED) is 0.818. The van der Waals surface area contributed by atoms with Crippen molar-refractivity contribution >= 4 is 27.1 Å². The van der Waals surface area contributed by atoms with E-state index in [4.69, 9.17) is 0 Å². The molecule has 0 bridgehead atoms. The van der Waals surface area contributed by atoms with E-state index in [0.29, 0.717) is 5.69 Å². The topological polar surface area (TPSA) is 67.3 Å². The van der Waals surface area contributed by atoms with Gasteiger partial charge in [0.2, 0.25) is 20.1 Å². The molecule has 1 fully saturated rings. The summed E-state index contributed by atoms with van der Waals surface area (Å²) in [6, 6.07) is 9.59. The third kappa shape index (κ3) is 3.93. The number of rotatable bonds is 4. The molecular formula is C18H22N2O3S2. The lowest BCUT2D eigenvalue weighted by Gasteiger charge is -2.39. The van der Waals surface area contributed by atoms with Crippen molar-refractivity contribution in [1.82, 2.24) is 9.88 Å². The molecule has 1 aliphatic rings. The Morgan fingerprint density at radius 3 is 2.48 bits per heavy atom. The van der Waals surface area contributed by atoms with E-state index >= 15 is 0 Å². The number of carbonyl (C=O) groups is 1. The summed E-state index contributed by atoms with van der Waals surface area (Å²) in [4.78, 5) is 18.6. The van der Waals surface area contributed by atoms with Crippen molar-refractivity contribution in [2.45, 2.75) is 49.5 Å². The second-order valence-electron chi connectivity index (χ2n) is 6.55. The second-order valence-corrected chi connectivity index (χ2v) is 9.58. The van der Waals surface area contributed by atoms with Crippen LogP contribution in [0.4, 0.5) is 0 Å². The molecule has 0 N–H and O–H groups in total. The number of thiazole rings is 1. The summed E-state index contributed by atoms with van der Waals surface area (Å²) in [5, 5.41) is 1.72. The molecule has 0 radical (unpaired) electrons. The lowest BCUT2D eigenvalue weighted by Crippen LogP contribution is -2.49. The minimum absolute atomic E-state index is 0.0111. The van der Waals surface area contributed by atoms with Gasteiger partial charge in [0.25, 0.3) is 0 Å². The van der Waals surface area contributed by atoms with Crippen molar-refractivity contribution in [3.63, 3.8) is 0 Å². The van der Waals surface area contributed by atoms with Crippen LogP contribution in [0.25, 0.3) is 11.3 Å². The Morgan fingerprint density at radius 2 is 1.84 bits per heavy atom. The largest absolute Gasteiger partial charge is 0.336 e. The summed E-state index contributed by atoms with van der Waals surface area (Å²) in [7, 11) is -3.73. The number of hydrogen-bond donors (Lipinski definition) is 0. The number of aromatic nitrogens is 1. The number of piperidine rings is 1. The van der Waals surface area contributed by atoms with Gasteiger partial charge in [-0.1, -0.05) is 30.3 Å². The fraction of sp³-hybridized carbons (Fsp3) is 0.444. The fourth-order valence-electron chi connectivity index (χ4n) is 3.35. The van der Waals surface area contributed by atoms with Gasteiger partial charge >= 0.3 is 0 Å². The molecule has 2 heterocycles. The van der Waals surface area contributed by atoms with Crippen LogP contribution >= 0.6 is 11.3 Å². The number of amides is 1. The molecule has 1 amide bonds. The van der Waals surface area contributed by atoms with E-state index in [1.165, 1.54) is 0 Å². The van der Waals surface area contributed by atoms with Crippen LogP contribution in [0.5, 0.6) is 0 Å². The molecule has 7 heteroatoms. The first-order chi connectivity index (χ1) is 11.9. The highest BCUT2D eigenvalue weighted by Gasteiger charge is 2.33. The number of nitrogens with zero attached hydrogens (tertiary/aromatic N) is 2. The standard InChI is InChI=1S/C18H22N2O3S2/c1-13-7-6-8-14(2)20(13)17(21)12-25(22,23)18-19-16(11-24-18)15-9-4-3-5-10-15/h3-5,9-11,13-14H,6-8,12H2,1-2H3. The molecule has 25 heavy (non-hydrogen) atoms. The molecule has 1 aromatic heterocycles. The van der Waals surface area contributed by atoms with Crippen LogP contribution in [-0.2, 0) is 14.6 Å². The van der Waals surface area contributed by atoms with Gasteiger partial charge in [-0.25, -0.2) is 13.4 Å². The molecule has 134 valence electrons. The maximum absolute atomic E-state index is 12.6.